The molecule has 16 nitrogen and oxygen atoms in total. The summed E-state index contributed by atoms with van der Waals surface area (Å²) >= 11 is 0. The zero-order valence-corrected chi connectivity index (χ0v) is 43.2. The molecule has 1 unspecified atom stereocenters. The van der Waals surface area contributed by atoms with Crippen molar-refractivity contribution in [2.45, 2.75) is 113 Å². The number of piperazine rings is 2. The molecular formula is C58H72FN9O7. The van der Waals surface area contributed by atoms with Crippen molar-refractivity contribution in [1.29, 1.82) is 0 Å². The Morgan fingerprint density at radius 3 is 2.21 bits per heavy atom. The number of amides is 5. The first-order chi connectivity index (χ1) is 36.4. The van der Waals surface area contributed by atoms with Gasteiger partial charge in [0.15, 0.2) is 0 Å². The third kappa shape index (κ3) is 11.1. The van der Waals surface area contributed by atoms with Crippen molar-refractivity contribution in [2.75, 3.05) is 85.1 Å². The molecule has 2 atom stereocenters. The van der Waals surface area contributed by atoms with E-state index in [0.29, 0.717) is 112 Å². The zero-order valence-electron chi connectivity index (χ0n) is 43.2. The predicted molar refractivity (Wildman–Crippen MR) is 281 cm³/mol. The van der Waals surface area contributed by atoms with E-state index in [4.69, 9.17) is 4.74 Å². The first kappa shape index (κ1) is 51.1. The quantitative estimate of drug-likeness (QED) is 0.151. The number of carbonyl (C=O) groups is 5. The van der Waals surface area contributed by atoms with Gasteiger partial charge in [0.1, 0.15) is 11.9 Å². The largest absolute Gasteiger partial charge is 0.373 e. The van der Waals surface area contributed by atoms with Gasteiger partial charge in [-0.2, -0.15) is 5.10 Å². The molecule has 5 saturated heterocycles. The molecular weight excluding hydrogens is 954 g/mol. The summed E-state index contributed by atoms with van der Waals surface area (Å²) in [4.78, 5) is 91.8. The van der Waals surface area contributed by atoms with E-state index in [1.54, 1.807) is 29.2 Å². The summed E-state index contributed by atoms with van der Waals surface area (Å²) in [7, 11) is 0. The number of nitrogens with one attached hydrogen (secondary N) is 3. The molecule has 3 saturated carbocycles. The highest BCUT2D eigenvalue weighted by Crippen LogP contribution is 2.50. The number of hydrogen-bond donors (Lipinski definition) is 3. The van der Waals surface area contributed by atoms with Gasteiger partial charge >= 0.3 is 0 Å². The molecule has 3 aliphatic carbocycles. The Labute approximate surface area is 438 Å². The number of hydrogen-bond acceptors (Lipinski definition) is 10. The molecule has 8 aliphatic rings. The summed E-state index contributed by atoms with van der Waals surface area (Å²) in [5.74, 6) is -0.815. The standard InChI is InChI=1S/C58H72FN9O7/c59-48-18-15-39(33-49-45-13-4-5-14-46(45)53(71)63-62-49)32-47(48)54(72)65-28-30-67(31-29-65)56(74)57-19-21-58(22-20-57,75-38-57)37-64-24-26-66(27-25-64)55(73)51(40-8-2-1-3-9-40)61-52(70)42-11-6-10-41(34-42)43-12-7-23-68(36-43)50(69)35-60-44-16-17-44/h4-6,10-11,13-15,18,32,34,40,43-44,51,60H,1-3,7-9,12,16-17,19-31,33,35-38H2,(H,61,70)(H,63,71)/t43?,51-,57?,58?/m1/s1. The van der Waals surface area contributed by atoms with E-state index in [-0.39, 0.29) is 52.2 Å². The lowest BCUT2D eigenvalue weighted by Crippen LogP contribution is -2.64. The fraction of sp³-hybridized carbons (Fsp3) is 0.569. The number of nitrogens with zero attached hydrogens (tertiary/aromatic N) is 6. The van der Waals surface area contributed by atoms with E-state index in [2.05, 4.69) is 31.8 Å². The molecule has 1 aromatic heterocycles. The van der Waals surface area contributed by atoms with Crippen LogP contribution in [-0.4, -0.2) is 167 Å². The van der Waals surface area contributed by atoms with Crippen LogP contribution in [0.4, 0.5) is 4.39 Å². The number of aromatic nitrogens is 2. The minimum absolute atomic E-state index is 0.00202. The number of benzene rings is 3. The molecule has 2 bridgehead atoms. The second kappa shape index (κ2) is 21.9. The lowest BCUT2D eigenvalue weighted by Gasteiger charge is -2.55. The molecule has 398 valence electrons. The Balaban J connectivity index is 0.652. The normalized spacial score (nSPS) is 25.1. The lowest BCUT2D eigenvalue weighted by molar-refractivity contribution is -0.203. The Kier molecular flexibility index (Phi) is 14.9. The van der Waals surface area contributed by atoms with Crippen molar-refractivity contribution in [1.82, 2.24) is 45.3 Å². The van der Waals surface area contributed by atoms with E-state index in [1.807, 2.05) is 45.0 Å². The van der Waals surface area contributed by atoms with Crippen LogP contribution < -0.4 is 16.2 Å². The number of likely N-dealkylation sites (tertiary alicyclic amines) is 1. The summed E-state index contributed by atoms with van der Waals surface area (Å²) in [6.45, 7) is 6.71. The van der Waals surface area contributed by atoms with Crippen molar-refractivity contribution < 1.29 is 33.1 Å². The van der Waals surface area contributed by atoms with E-state index >= 15 is 4.39 Å². The highest BCUT2D eigenvalue weighted by atomic mass is 19.1. The smallest absolute Gasteiger partial charge is 0.272 e. The highest BCUT2D eigenvalue weighted by Gasteiger charge is 2.55. The van der Waals surface area contributed by atoms with Gasteiger partial charge in [-0.15, -0.1) is 0 Å². The van der Waals surface area contributed by atoms with Gasteiger partial charge in [-0.05, 0) is 112 Å². The van der Waals surface area contributed by atoms with Gasteiger partial charge in [0, 0.05) is 101 Å². The van der Waals surface area contributed by atoms with Crippen molar-refractivity contribution >= 4 is 40.3 Å². The lowest BCUT2D eigenvalue weighted by atomic mass is 9.65. The van der Waals surface area contributed by atoms with Crippen LogP contribution in [0.15, 0.2) is 71.5 Å². The van der Waals surface area contributed by atoms with E-state index in [9.17, 15) is 28.8 Å². The number of halogens is 1. The summed E-state index contributed by atoms with van der Waals surface area (Å²) in [5, 5.41) is 14.6. The second-order valence-electron chi connectivity index (χ2n) is 22.8. The predicted octanol–water partition coefficient (Wildman–Crippen LogP) is 5.25. The van der Waals surface area contributed by atoms with Gasteiger partial charge in [0.05, 0.1) is 40.8 Å². The average molecular weight is 1030 g/mol. The molecule has 3 N–H and O–H groups in total. The number of ether oxygens (including phenoxy) is 1. The third-order valence-electron chi connectivity index (χ3n) is 17.9. The van der Waals surface area contributed by atoms with Gasteiger partial charge in [-0.3, -0.25) is 33.7 Å². The van der Waals surface area contributed by atoms with E-state index in [0.717, 1.165) is 102 Å². The van der Waals surface area contributed by atoms with Crippen molar-refractivity contribution in [3.63, 3.8) is 0 Å². The SMILES string of the molecule is O=C(N[C@@H](C(=O)N1CCN(CC23CCC(C(=O)N4CCN(C(=O)c5cc(Cc6n[nH]c(=O)c7ccccc67)ccc5F)CC4)(CC2)CO3)CC1)C1CCCCC1)c1cccc(C2CCCN(C(=O)CNC3CC3)C2)c1. The van der Waals surface area contributed by atoms with Crippen LogP contribution in [0.25, 0.3) is 10.8 Å². The van der Waals surface area contributed by atoms with Crippen molar-refractivity contribution in [3.05, 3.63) is 111 Å². The molecule has 12 rings (SSSR count). The molecule has 4 aromatic rings. The van der Waals surface area contributed by atoms with Gasteiger partial charge in [-0.1, -0.05) is 55.7 Å². The maximum absolute atomic E-state index is 15.2. The monoisotopic (exact) mass is 1030 g/mol. The summed E-state index contributed by atoms with van der Waals surface area (Å²) in [5.41, 5.74) is 1.64. The highest BCUT2D eigenvalue weighted by molar-refractivity contribution is 5.98. The van der Waals surface area contributed by atoms with Crippen LogP contribution in [-0.2, 0) is 25.5 Å². The molecule has 0 spiro atoms. The molecule has 8 fully saturated rings. The van der Waals surface area contributed by atoms with Gasteiger partial charge in [0.25, 0.3) is 17.4 Å². The van der Waals surface area contributed by atoms with Crippen molar-refractivity contribution in [3.8, 4) is 0 Å². The average Bonchev–Trinajstić information content (AvgIpc) is 4.30. The summed E-state index contributed by atoms with van der Waals surface area (Å²) in [6, 6.07) is 19.3. The van der Waals surface area contributed by atoms with Crippen LogP contribution in [0.2, 0.25) is 0 Å². The maximum Gasteiger partial charge on any atom is 0.272 e. The molecule has 5 aliphatic heterocycles. The second-order valence-corrected chi connectivity index (χ2v) is 22.8. The Bertz CT molecular complexity index is 2830. The molecule has 5 amide bonds. The Morgan fingerprint density at radius 1 is 0.747 bits per heavy atom. The van der Waals surface area contributed by atoms with Crippen LogP contribution in [0.3, 0.4) is 0 Å². The summed E-state index contributed by atoms with van der Waals surface area (Å²) in [6.07, 6.45) is 12.5. The fourth-order valence-electron chi connectivity index (χ4n) is 13.1. The number of piperidine rings is 1. The zero-order chi connectivity index (χ0) is 51.7. The summed E-state index contributed by atoms with van der Waals surface area (Å²) < 4.78 is 21.9. The number of carbonyl (C=O) groups excluding carboxylic acids is 5. The van der Waals surface area contributed by atoms with Crippen LogP contribution >= 0.6 is 0 Å². The molecule has 0 radical (unpaired) electrons. The number of fused-ring (bicyclic) bond motifs is 4. The topological polar surface area (TPSA) is 181 Å². The number of rotatable bonds is 14. The van der Waals surface area contributed by atoms with Crippen LogP contribution in [0.1, 0.15) is 127 Å². The molecule has 3 aromatic carbocycles. The molecule has 75 heavy (non-hydrogen) atoms. The minimum atomic E-state index is -0.613. The van der Waals surface area contributed by atoms with Gasteiger partial charge in [-0.25, -0.2) is 9.49 Å². The Hall–Kier alpha value is -6.04. The van der Waals surface area contributed by atoms with Crippen LogP contribution in [0.5, 0.6) is 0 Å². The molecule has 17 heteroatoms. The Morgan fingerprint density at radius 2 is 1.48 bits per heavy atom. The van der Waals surface area contributed by atoms with Gasteiger partial charge < -0.3 is 35.0 Å². The van der Waals surface area contributed by atoms with E-state index in [1.165, 1.54) is 6.07 Å². The van der Waals surface area contributed by atoms with Crippen LogP contribution in [0, 0.1) is 17.2 Å². The number of aromatic amines is 1. The fourth-order valence-corrected chi connectivity index (χ4v) is 13.1. The third-order valence-corrected chi connectivity index (χ3v) is 17.9. The van der Waals surface area contributed by atoms with E-state index < -0.39 is 23.2 Å². The van der Waals surface area contributed by atoms with Gasteiger partial charge in [0.2, 0.25) is 17.7 Å². The first-order valence-electron chi connectivity index (χ1n) is 27.8. The minimum Gasteiger partial charge on any atom is -0.373 e. The number of H-pyrrole nitrogens is 1. The molecule has 6 heterocycles. The maximum atomic E-state index is 15.2. The first-order valence-corrected chi connectivity index (χ1v) is 27.8. The van der Waals surface area contributed by atoms with Crippen molar-refractivity contribution in [2.24, 2.45) is 11.3 Å².